The molecule has 6 nitrogen and oxygen atoms in total. The number of hydrogen-bond acceptors (Lipinski definition) is 6. The van der Waals surface area contributed by atoms with E-state index in [9.17, 15) is 9.59 Å². The van der Waals surface area contributed by atoms with Crippen molar-refractivity contribution in [2.75, 3.05) is 6.61 Å². The molecule has 6 heteroatoms. The number of rotatable bonds is 6. The molecular formula is C22H35O6. The first-order valence-electron chi connectivity index (χ1n) is 11.3. The Balaban J connectivity index is 1.46. The second-order valence-electron chi connectivity index (χ2n) is 8.45. The summed E-state index contributed by atoms with van der Waals surface area (Å²) in [6.07, 6.45) is 14.8. The molecule has 0 aromatic rings. The Morgan fingerprint density at radius 3 is 1.61 bits per heavy atom. The Morgan fingerprint density at radius 1 is 0.607 bits per heavy atom. The van der Waals surface area contributed by atoms with E-state index in [1.54, 1.807) is 0 Å². The molecule has 0 spiro atoms. The van der Waals surface area contributed by atoms with Crippen LogP contribution < -0.4 is 0 Å². The maximum Gasteiger partial charge on any atom is 0.509 e. The zero-order chi connectivity index (χ0) is 19.6. The molecule has 0 aliphatic heterocycles. The van der Waals surface area contributed by atoms with E-state index in [2.05, 4.69) is 0 Å². The maximum absolute atomic E-state index is 12.3. The highest BCUT2D eigenvalue weighted by atomic mass is 16.8. The Kier molecular flexibility index (Phi) is 8.74. The summed E-state index contributed by atoms with van der Waals surface area (Å²) < 4.78 is 21.8. The van der Waals surface area contributed by atoms with Crippen LogP contribution >= 0.6 is 0 Å². The molecule has 1 radical (unpaired) electrons. The van der Waals surface area contributed by atoms with Crippen LogP contribution in [0.5, 0.6) is 0 Å². The van der Waals surface area contributed by atoms with Crippen LogP contribution in [0.15, 0.2) is 0 Å². The minimum atomic E-state index is -0.663. The number of carbonyl (C=O) groups is 2. The third kappa shape index (κ3) is 7.17. The lowest BCUT2D eigenvalue weighted by molar-refractivity contribution is -0.0250. The minimum Gasteiger partial charge on any atom is -0.431 e. The monoisotopic (exact) mass is 395 g/mol. The van der Waals surface area contributed by atoms with Crippen molar-refractivity contribution in [3.05, 3.63) is 6.10 Å². The Hall–Kier alpha value is -1.46. The predicted octanol–water partition coefficient (Wildman–Crippen LogP) is 6.07. The molecule has 0 atom stereocenters. The highest BCUT2D eigenvalue weighted by Crippen LogP contribution is 2.33. The average Bonchev–Trinajstić information content (AvgIpc) is 2.73. The van der Waals surface area contributed by atoms with Crippen LogP contribution in [0.3, 0.4) is 0 Å². The largest absolute Gasteiger partial charge is 0.509 e. The molecule has 0 heterocycles. The van der Waals surface area contributed by atoms with Gasteiger partial charge >= 0.3 is 12.3 Å². The minimum absolute atomic E-state index is 0.0318. The molecule has 3 aliphatic carbocycles. The van der Waals surface area contributed by atoms with E-state index in [0.717, 1.165) is 77.0 Å². The molecule has 3 rings (SSSR count). The van der Waals surface area contributed by atoms with E-state index in [0.29, 0.717) is 6.10 Å². The van der Waals surface area contributed by atoms with E-state index >= 15 is 0 Å². The van der Waals surface area contributed by atoms with Crippen LogP contribution in [-0.2, 0) is 18.9 Å². The zero-order valence-electron chi connectivity index (χ0n) is 17.0. The van der Waals surface area contributed by atoms with Crippen LogP contribution in [0, 0.1) is 12.0 Å². The molecule has 0 amide bonds. The van der Waals surface area contributed by atoms with Gasteiger partial charge in [-0.25, -0.2) is 9.59 Å². The van der Waals surface area contributed by atoms with Crippen molar-refractivity contribution in [3.8, 4) is 0 Å². The molecule has 159 valence electrons. The van der Waals surface area contributed by atoms with E-state index < -0.39 is 12.3 Å². The number of hydrogen-bond donors (Lipinski definition) is 0. The van der Waals surface area contributed by atoms with Gasteiger partial charge in [-0.3, -0.25) is 0 Å². The number of ether oxygens (including phenoxy) is 4. The predicted molar refractivity (Wildman–Crippen MR) is 104 cm³/mol. The normalized spacial score (nSPS) is 22.6. The molecule has 3 aliphatic rings. The Morgan fingerprint density at radius 2 is 1.07 bits per heavy atom. The fourth-order valence-corrected chi connectivity index (χ4v) is 4.59. The van der Waals surface area contributed by atoms with Gasteiger partial charge in [0.05, 0.1) is 0 Å². The topological polar surface area (TPSA) is 71.1 Å². The van der Waals surface area contributed by atoms with Crippen molar-refractivity contribution in [1.82, 2.24) is 0 Å². The summed E-state index contributed by atoms with van der Waals surface area (Å²) in [7, 11) is 0. The summed E-state index contributed by atoms with van der Waals surface area (Å²) >= 11 is 0. The molecule has 0 aromatic carbocycles. The molecular weight excluding hydrogens is 360 g/mol. The van der Waals surface area contributed by atoms with Crippen molar-refractivity contribution in [3.63, 3.8) is 0 Å². The van der Waals surface area contributed by atoms with E-state index in [4.69, 9.17) is 18.9 Å². The van der Waals surface area contributed by atoms with Crippen LogP contribution in [0.25, 0.3) is 0 Å². The summed E-state index contributed by atoms with van der Waals surface area (Å²) in [6.45, 7) is -0.0318. The summed E-state index contributed by atoms with van der Waals surface area (Å²) in [5.41, 5.74) is 0. The van der Waals surface area contributed by atoms with Gasteiger partial charge in [0.1, 0.15) is 18.8 Å². The first-order chi connectivity index (χ1) is 13.7. The lowest BCUT2D eigenvalue weighted by Gasteiger charge is -2.29. The van der Waals surface area contributed by atoms with Gasteiger partial charge in [0.25, 0.3) is 0 Å². The van der Waals surface area contributed by atoms with Gasteiger partial charge in [0, 0.05) is 5.92 Å². The van der Waals surface area contributed by atoms with Gasteiger partial charge in [0.15, 0.2) is 6.10 Å². The summed E-state index contributed by atoms with van der Waals surface area (Å²) in [5.74, 6) is 0.134. The van der Waals surface area contributed by atoms with Crippen molar-refractivity contribution in [2.24, 2.45) is 5.92 Å². The maximum atomic E-state index is 12.3. The van der Waals surface area contributed by atoms with Crippen LogP contribution in [0.2, 0.25) is 0 Å². The Bertz CT molecular complexity index is 475. The molecule has 0 N–H and O–H groups in total. The SMILES string of the molecule is O=C(OC[C](OC(=O)OC1CCCCC1)C1CCCCC1)OC1CCCCC1. The zero-order valence-corrected chi connectivity index (χ0v) is 17.0. The van der Waals surface area contributed by atoms with E-state index in [1.807, 2.05) is 0 Å². The van der Waals surface area contributed by atoms with Crippen LogP contribution in [0.1, 0.15) is 96.3 Å². The lowest BCUT2D eigenvalue weighted by atomic mass is 9.85. The van der Waals surface area contributed by atoms with Gasteiger partial charge in [0.2, 0.25) is 0 Å². The van der Waals surface area contributed by atoms with Crippen molar-refractivity contribution in [1.29, 1.82) is 0 Å². The summed E-state index contributed by atoms with van der Waals surface area (Å²) in [4.78, 5) is 24.4. The van der Waals surface area contributed by atoms with Gasteiger partial charge in [-0.1, -0.05) is 32.1 Å². The lowest BCUT2D eigenvalue weighted by Crippen LogP contribution is -2.30. The fourth-order valence-electron chi connectivity index (χ4n) is 4.59. The molecule has 28 heavy (non-hydrogen) atoms. The summed E-state index contributed by atoms with van der Waals surface area (Å²) in [5, 5.41) is 0. The molecule has 3 fully saturated rings. The third-order valence-electron chi connectivity index (χ3n) is 6.24. The van der Waals surface area contributed by atoms with Gasteiger partial charge in [-0.05, 0) is 64.2 Å². The van der Waals surface area contributed by atoms with Crippen LogP contribution in [0.4, 0.5) is 9.59 Å². The number of carbonyl (C=O) groups excluding carboxylic acids is 2. The molecule has 3 saturated carbocycles. The standard InChI is InChI=1S/C22H35O6/c23-21(26-18-12-6-2-7-13-18)25-16-20(17-10-4-1-5-11-17)28-22(24)27-19-14-8-3-9-15-19/h17-19H,1-16H2. The average molecular weight is 396 g/mol. The Labute approximate surface area is 168 Å². The molecule has 0 bridgehead atoms. The second-order valence-corrected chi connectivity index (χ2v) is 8.45. The molecule has 0 saturated heterocycles. The van der Waals surface area contributed by atoms with E-state index in [1.165, 1.54) is 19.3 Å². The fraction of sp³-hybridized carbons (Fsp3) is 0.864. The van der Waals surface area contributed by atoms with Gasteiger partial charge in [-0.2, -0.15) is 0 Å². The van der Waals surface area contributed by atoms with E-state index in [-0.39, 0.29) is 24.7 Å². The first kappa shape index (κ1) is 21.3. The van der Waals surface area contributed by atoms with Gasteiger partial charge < -0.3 is 18.9 Å². The van der Waals surface area contributed by atoms with Crippen molar-refractivity contribution >= 4 is 12.3 Å². The highest BCUT2D eigenvalue weighted by molar-refractivity contribution is 5.62. The molecule has 0 unspecified atom stereocenters. The highest BCUT2D eigenvalue weighted by Gasteiger charge is 2.32. The summed E-state index contributed by atoms with van der Waals surface area (Å²) in [6, 6.07) is 0. The van der Waals surface area contributed by atoms with Crippen molar-refractivity contribution < 1.29 is 28.5 Å². The quantitative estimate of drug-likeness (QED) is 0.508. The smallest absolute Gasteiger partial charge is 0.431 e. The second kappa shape index (κ2) is 11.5. The molecule has 0 aromatic heterocycles. The van der Waals surface area contributed by atoms with Gasteiger partial charge in [-0.15, -0.1) is 0 Å². The first-order valence-corrected chi connectivity index (χ1v) is 11.3. The van der Waals surface area contributed by atoms with Crippen molar-refractivity contribution in [2.45, 2.75) is 109 Å². The van der Waals surface area contributed by atoms with Crippen LogP contribution in [-0.4, -0.2) is 31.1 Å². The third-order valence-corrected chi connectivity index (χ3v) is 6.24.